The molecule has 0 atom stereocenters. The number of para-hydroxylation sites is 2. The van der Waals surface area contributed by atoms with Gasteiger partial charge in [-0.3, -0.25) is 0 Å². The Labute approximate surface area is 173 Å². The summed E-state index contributed by atoms with van der Waals surface area (Å²) in [6.07, 6.45) is 2.67. The monoisotopic (exact) mass is 408 g/mol. The van der Waals surface area contributed by atoms with Crippen LogP contribution in [0.1, 0.15) is 25.5 Å². The molecule has 3 aromatic heterocycles. The SMILES string of the molecule is CCc1nc2ccccc2nc1-c1cc2nc(Cl)cc(NC3CCOCC3)n2n1. The number of fused-ring (bicyclic) bond motifs is 2. The molecule has 0 aliphatic carbocycles. The number of aromatic nitrogens is 5. The molecule has 1 fully saturated rings. The summed E-state index contributed by atoms with van der Waals surface area (Å²) in [7, 11) is 0. The number of ether oxygens (including phenoxy) is 1. The summed E-state index contributed by atoms with van der Waals surface area (Å²) in [6, 6.07) is 11.9. The van der Waals surface area contributed by atoms with Crippen LogP contribution in [0, 0.1) is 0 Å². The molecule has 1 N–H and O–H groups in total. The molecule has 7 nitrogen and oxygen atoms in total. The number of aryl methyl sites for hydroxylation is 1. The van der Waals surface area contributed by atoms with Crippen molar-refractivity contribution >= 4 is 34.1 Å². The molecule has 1 saturated heterocycles. The molecule has 0 saturated carbocycles. The number of nitrogens with one attached hydrogen (secondary N) is 1. The Bertz CT molecular complexity index is 1180. The largest absolute Gasteiger partial charge is 0.381 e. The van der Waals surface area contributed by atoms with Crippen molar-refractivity contribution in [3.05, 3.63) is 47.2 Å². The average Bonchev–Trinajstić information content (AvgIpc) is 3.17. The van der Waals surface area contributed by atoms with Crippen molar-refractivity contribution in [3.8, 4) is 11.4 Å². The van der Waals surface area contributed by atoms with E-state index in [2.05, 4.69) is 17.2 Å². The fourth-order valence-corrected chi connectivity index (χ4v) is 3.89. The highest BCUT2D eigenvalue weighted by Gasteiger charge is 2.19. The highest BCUT2D eigenvalue weighted by atomic mass is 35.5. The summed E-state index contributed by atoms with van der Waals surface area (Å²) in [5.41, 5.74) is 4.86. The second kappa shape index (κ2) is 7.57. The summed E-state index contributed by atoms with van der Waals surface area (Å²) in [5, 5.41) is 8.78. The first-order valence-corrected chi connectivity index (χ1v) is 10.3. The first-order chi connectivity index (χ1) is 14.2. The topological polar surface area (TPSA) is 77.2 Å². The molecule has 1 aromatic carbocycles. The third kappa shape index (κ3) is 3.52. The molecule has 4 heterocycles. The van der Waals surface area contributed by atoms with E-state index in [1.54, 1.807) is 4.52 Å². The van der Waals surface area contributed by atoms with Crippen LogP contribution in [0.4, 0.5) is 5.82 Å². The number of halogens is 1. The third-order valence-electron chi connectivity index (χ3n) is 5.19. The Kier molecular flexibility index (Phi) is 4.77. The molecule has 0 unspecified atom stereocenters. The first kappa shape index (κ1) is 18.3. The molecule has 29 heavy (non-hydrogen) atoms. The van der Waals surface area contributed by atoms with Gasteiger partial charge in [0.1, 0.15) is 22.4 Å². The van der Waals surface area contributed by atoms with Gasteiger partial charge in [-0.2, -0.15) is 9.61 Å². The van der Waals surface area contributed by atoms with Gasteiger partial charge in [0.25, 0.3) is 0 Å². The number of hydrogen-bond acceptors (Lipinski definition) is 6. The Morgan fingerprint density at radius 1 is 1.10 bits per heavy atom. The molecule has 148 valence electrons. The second-order valence-corrected chi connectivity index (χ2v) is 7.54. The van der Waals surface area contributed by atoms with Crippen LogP contribution in [-0.2, 0) is 11.2 Å². The highest BCUT2D eigenvalue weighted by Crippen LogP contribution is 2.27. The van der Waals surface area contributed by atoms with Gasteiger partial charge < -0.3 is 10.1 Å². The van der Waals surface area contributed by atoms with Crippen molar-refractivity contribution in [1.29, 1.82) is 0 Å². The van der Waals surface area contributed by atoms with Crippen molar-refractivity contribution in [2.24, 2.45) is 0 Å². The maximum Gasteiger partial charge on any atom is 0.159 e. The van der Waals surface area contributed by atoms with Crippen molar-refractivity contribution in [3.63, 3.8) is 0 Å². The second-order valence-electron chi connectivity index (χ2n) is 7.16. The standard InChI is InChI=1S/C21H21ClN6O/c1-2-14-21(25-16-6-4-3-5-15(16)24-14)17-11-19-26-18(22)12-20(28(19)27-17)23-13-7-9-29-10-8-13/h3-6,11-13,23H,2,7-10H2,1H3. The van der Waals surface area contributed by atoms with Gasteiger partial charge in [0, 0.05) is 31.4 Å². The van der Waals surface area contributed by atoms with Crippen LogP contribution in [0.2, 0.25) is 5.15 Å². The lowest BCUT2D eigenvalue weighted by molar-refractivity contribution is 0.0903. The number of rotatable bonds is 4. The van der Waals surface area contributed by atoms with Crippen molar-refractivity contribution in [2.75, 3.05) is 18.5 Å². The molecule has 4 aromatic rings. The predicted molar refractivity (Wildman–Crippen MR) is 113 cm³/mol. The van der Waals surface area contributed by atoms with Gasteiger partial charge >= 0.3 is 0 Å². The van der Waals surface area contributed by atoms with E-state index in [0.717, 1.165) is 66.4 Å². The van der Waals surface area contributed by atoms with Gasteiger partial charge in [0.05, 0.1) is 16.7 Å². The summed E-state index contributed by atoms with van der Waals surface area (Å²) in [6.45, 7) is 3.60. The maximum absolute atomic E-state index is 6.29. The Morgan fingerprint density at radius 2 is 1.86 bits per heavy atom. The van der Waals surface area contributed by atoms with E-state index in [-0.39, 0.29) is 0 Å². The van der Waals surface area contributed by atoms with Crippen molar-refractivity contribution in [1.82, 2.24) is 24.6 Å². The van der Waals surface area contributed by atoms with E-state index >= 15 is 0 Å². The Balaban J connectivity index is 1.61. The first-order valence-electron chi connectivity index (χ1n) is 9.88. The third-order valence-corrected chi connectivity index (χ3v) is 5.38. The van der Waals surface area contributed by atoms with Crippen LogP contribution in [0.15, 0.2) is 36.4 Å². The molecule has 0 radical (unpaired) electrons. The number of benzene rings is 1. The summed E-state index contributed by atoms with van der Waals surface area (Å²) in [5.74, 6) is 0.824. The van der Waals surface area contributed by atoms with Gasteiger partial charge in [-0.05, 0) is 31.4 Å². The fraction of sp³-hybridized carbons (Fsp3) is 0.333. The van der Waals surface area contributed by atoms with Gasteiger partial charge in [0.15, 0.2) is 5.65 Å². The average molecular weight is 409 g/mol. The molecule has 8 heteroatoms. The van der Waals surface area contributed by atoms with E-state index in [4.69, 9.17) is 31.4 Å². The number of anilines is 1. The normalized spacial score (nSPS) is 15.2. The summed E-state index contributed by atoms with van der Waals surface area (Å²) >= 11 is 6.29. The summed E-state index contributed by atoms with van der Waals surface area (Å²) in [4.78, 5) is 14.1. The van der Waals surface area contributed by atoms with Crippen LogP contribution in [0.25, 0.3) is 28.1 Å². The van der Waals surface area contributed by atoms with Gasteiger partial charge in [-0.1, -0.05) is 30.7 Å². The Morgan fingerprint density at radius 3 is 2.62 bits per heavy atom. The van der Waals surface area contributed by atoms with Crippen LogP contribution < -0.4 is 5.32 Å². The molecular weight excluding hydrogens is 388 g/mol. The van der Waals surface area contributed by atoms with Crippen LogP contribution in [0.3, 0.4) is 0 Å². The lowest BCUT2D eigenvalue weighted by atomic mass is 10.1. The molecular formula is C21H21ClN6O. The van der Waals surface area contributed by atoms with E-state index < -0.39 is 0 Å². The fourth-order valence-electron chi connectivity index (χ4n) is 3.70. The minimum atomic E-state index is 0.324. The molecule has 1 aliphatic heterocycles. The molecule has 5 rings (SSSR count). The Hall–Kier alpha value is -2.77. The maximum atomic E-state index is 6.29. The van der Waals surface area contributed by atoms with E-state index in [0.29, 0.717) is 16.8 Å². The minimum Gasteiger partial charge on any atom is -0.381 e. The zero-order valence-electron chi connectivity index (χ0n) is 16.1. The van der Waals surface area contributed by atoms with E-state index in [1.807, 2.05) is 36.4 Å². The van der Waals surface area contributed by atoms with E-state index in [9.17, 15) is 0 Å². The molecule has 0 bridgehead atoms. The van der Waals surface area contributed by atoms with Crippen LogP contribution in [-0.4, -0.2) is 43.8 Å². The lowest BCUT2D eigenvalue weighted by Crippen LogP contribution is -2.28. The number of hydrogen-bond donors (Lipinski definition) is 1. The van der Waals surface area contributed by atoms with Crippen molar-refractivity contribution in [2.45, 2.75) is 32.2 Å². The van der Waals surface area contributed by atoms with Crippen molar-refractivity contribution < 1.29 is 4.74 Å². The number of nitrogens with zero attached hydrogens (tertiary/aromatic N) is 5. The molecule has 0 spiro atoms. The lowest BCUT2D eigenvalue weighted by Gasteiger charge is -2.24. The van der Waals surface area contributed by atoms with Gasteiger partial charge in [0.2, 0.25) is 0 Å². The minimum absolute atomic E-state index is 0.324. The zero-order chi connectivity index (χ0) is 19.8. The summed E-state index contributed by atoms with van der Waals surface area (Å²) < 4.78 is 7.25. The van der Waals surface area contributed by atoms with Crippen LogP contribution >= 0.6 is 11.6 Å². The van der Waals surface area contributed by atoms with Gasteiger partial charge in [-0.15, -0.1) is 0 Å². The molecule has 1 aliphatic rings. The van der Waals surface area contributed by atoms with Gasteiger partial charge in [-0.25, -0.2) is 15.0 Å². The molecule has 0 amide bonds. The predicted octanol–water partition coefficient (Wildman–Crippen LogP) is 4.15. The highest BCUT2D eigenvalue weighted by molar-refractivity contribution is 6.29. The smallest absolute Gasteiger partial charge is 0.159 e. The van der Waals surface area contributed by atoms with Crippen LogP contribution in [0.5, 0.6) is 0 Å². The van der Waals surface area contributed by atoms with E-state index in [1.165, 1.54) is 0 Å². The quantitative estimate of drug-likeness (QED) is 0.511. The zero-order valence-corrected chi connectivity index (χ0v) is 16.9.